The van der Waals surface area contributed by atoms with Gasteiger partial charge >= 0.3 is 12.1 Å². The van der Waals surface area contributed by atoms with Gasteiger partial charge in [0.2, 0.25) is 0 Å². The number of ether oxygens (including phenoxy) is 2. The molecule has 0 spiro atoms. The Morgan fingerprint density at radius 1 is 1.27 bits per heavy atom. The lowest BCUT2D eigenvalue weighted by Crippen LogP contribution is -2.46. The molecule has 1 aromatic carbocycles. The number of hydrogen-bond acceptors (Lipinski definition) is 5. The summed E-state index contributed by atoms with van der Waals surface area (Å²) < 4.78 is 10.0. The summed E-state index contributed by atoms with van der Waals surface area (Å²) in [6, 6.07) is 4.77. The van der Waals surface area contributed by atoms with E-state index in [9.17, 15) is 19.8 Å². The van der Waals surface area contributed by atoms with Crippen LogP contribution in [0.1, 0.15) is 32.4 Å². The predicted molar refractivity (Wildman–Crippen MR) is 78.7 cm³/mol. The Morgan fingerprint density at radius 3 is 2.41 bits per heavy atom. The summed E-state index contributed by atoms with van der Waals surface area (Å²) >= 11 is 0. The van der Waals surface area contributed by atoms with E-state index in [1.54, 1.807) is 39.0 Å². The highest BCUT2D eigenvalue weighted by atomic mass is 16.6. The monoisotopic (exact) mass is 311 g/mol. The SMILES string of the molecule is COc1cccc([C@H](O)[C@H](NC(=O)OC(C)(C)C)C(=O)O)c1. The number of carboxylic acids is 1. The van der Waals surface area contributed by atoms with Gasteiger partial charge in [-0.05, 0) is 38.5 Å². The predicted octanol–water partition coefficient (Wildman–Crippen LogP) is 1.71. The number of hydrogen-bond donors (Lipinski definition) is 3. The van der Waals surface area contributed by atoms with Crippen LogP contribution in [0.5, 0.6) is 5.75 Å². The highest BCUT2D eigenvalue weighted by Gasteiger charge is 2.31. The first-order chi connectivity index (χ1) is 10.1. The molecular weight excluding hydrogens is 290 g/mol. The number of amides is 1. The summed E-state index contributed by atoms with van der Waals surface area (Å²) in [5, 5.41) is 21.6. The number of carboxylic acid groups (broad SMARTS) is 1. The molecule has 1 rings (SSSR count). The second kappa shape index (κ2) is 7.13. The van der Waals surface area contributed by atoms with Crippen LogP contribution < -0.4 is 10.1 Å². The zero-order valence-electron chi connectivity index (χ0n) is 13.0. The maximum atomic E-state index is 11.7. The maximum absolute atomic E-state index is 11.7. The Bertz CT molecular complexity index is 537. The van der Waals surface area contributed by atoms with Crippen LogP contribution in [0.4, 0.5) is 4.79 Å². The zero-order valence-corrected chi connectivity index (χ0v) is 13.0. The minimum absolute atomic E-state index is 0.308. The van der Waals surface area contributed by atoms with Crippen molar-refractivity contribution in [3.63, 3.8) is 0 Å². The minimum atomic E-state index is -1.54. The molecule has 0 saturated carbocycles. The van der Waals surface area contributed by atoms with Crippen LogP contribution >= 0.6 is 0 Å². The first-order valence-corrected chi connectivity index (χ1v) is 6.68. The van der Waals surface area contributed by atoms with Crippen molar-refractivity contribution in [3.05, 3.63) is 29.8 Å². The van der Waals surface area contributed by atoms with E-state index < -0.39 is 29.8 Å². The highest BCUT2D eigenvalue weighted by Crippen LogP contribution is 2.22. The number of aliphatic hydroxyl groups is 1. The number of nitrogens with one attached hydrogen (secondary N) is 1. The number of carbonyl (C=O) groups is 2. The molecule has 0 saturated heterocycles. The van der Waals surface area contributed by atoms with Gasteiger partial charge in [-0.25, -0.2) is 9.59 Å². The highest BCUT2D eigenvalue weighted by molar-refractivity contribution is 5.80. The van der Waals surface area contributed by atoms with Gasteiger partial charge in [-0.2, -0.15) is 0 Å². The molecule has 3 N–H and O–H groups in total. The van der Waals surface area contributed by atoms with Crippen LogP contribution in [-0.2, 0) is 9.53 Å². The summed E-state index contributed by atoms with van der Waals surface area (Å²) in [5.74, 6) is -0.904. The smallest absolute Gasteiger partial charge is 0.408 e. The van der Waals surface area contributed by atoms with Crippen molar-refractivity contribution >= 4 is 12.1 Å². The second-order valence-corrected chi connectivity index (χ2v) is 5.68. The molecule has 0 unspecified atom stereocenters. The van der Waals surface area contributed by atoms with Crippen molar-refractivity contribution in [2.45, 2.75) is 38.5 Å². The average molecular weight is 311 g/mol. The van der Waals surface area contributed by atoms with Crippen LogP contribution in [-0.4, -0.2) is 41.0 Å². The lowest BCUT2D eigenvalue weighted by atomic mass is 10.0. The number of carbonyl (C=O) groups excluding carboxylic acids is 1. The Morgan fingerprint density at radius 2 is 1.91 bits per heavy atom. The van der Waals surface area contributed by atoms with Gasteiger partial charge in [0.25, 0.3) is 0 Å². The van der Waals surface area contributed by atoms with Crippen molar-refractivity contribution in [3.8, 4) is 5.75 Å². The minimum Gasteiger partial charge on any atom is -0.497 e. The van der Waals surface area contributed by atoms with Crippen LogP contribution in [0.25, 0.3) is 0 Å². The van der Waals surface area contributed by atoms with Crippen molar-refractivity contribution in [2.75, 3.05) is 7.11 Å². The van der Waals surface area contributed by atoms with Gasteiger partial charge in [-0.15, -0.1) is 0 Å². The fraction of sp³-hybridized carbons (Fsp3) is 0.467. The molecule has 1 amide bonds. The van der Waals surface area contributed by atoms with Crippen LogP contribution in [0.2, 0.25) is 0 Å². The van der Waals surface area contributed by atoms with Crippen molar-refractivity contribution in [2.24, 2.45) is 0 Å². The van der Waals surface area contributed by atoms with Crippen molar-refractivity contribution < 1.29 is 29.3 Å². The molecule has 22 heavy (non-hydrogen) atoms. The van der Waals surface area contributed by atoms with Gasteiger partial charge in [0, 0.05) is 0 Å². The standard InChI is InChI=1S/C15H21NO6/c1-15(2,3)22-14(20)16-11(13(18)19)12(17)9-6-5-7-10(8-9)21-4/h5-8,11-12,17H,1-4H3,(H,16,20)(H,18,19)/t11-,12-/m0/s1. The third kappa shape index (κ3) is 5.25. The molecule has 122 valence electrons. The van der Waals surface area contributed by atoms with Gasteiger partial charge in [0.05, 0.1) is 7.11 Å². The third-order valence-corrected chi connectivity index (χ3v) is 2.69. The molecule has 0 bridgehead atoms. The second-order valence-electron chi connectivity index (χ2n) is 5.68. The van der Waals surface area contributed by atoms with Crippen LogP contribution in [0, 0.1) is 0 Å². The summed E-state index contributed by atoms with van der Waals surface area (Å²) in [6.07, 6.45) is -2.36. The molecule has 7 nitrogen and oxygen atoms in total. The van der Waals surface area contributed by atoms with Crippen LogP contribution in [0.15, 0.2) is 24.3 Å². The first-order valence-electron chi connectivity index (χ1n) is 6.68. The molecule has 2 atom stereocenters. The summed E-state index contributed by atoms with van der Waals surface area (Å²) in [7, 11) is 1.46. The summed E-state index contributed by atoms with van der Waals surface area (Å²) in [5.41, 5.74) is -0.462. The molecule has 0 aliphatic carbocycles. The number of aliphatic hydroxyl groups excluding tert-OH is 1. The molecule has 0 aliphatic heterocycles. The fourth-order valence-electron chi connectivity index (χ4n) is 1.73. The van der Waals surface area contributed by atoms with E-state index in [-0.39, 0.29) is 0 Å². The quantitative estimate of drug-likeness (QED) is 0.764. The van der Waals surface area contributed by atoms with Crippen LogP contribution in [0.3, 0.4) is 0 Å². The molecule has 0 radical (unpaired) electrons. The van der Waals surface area contributed by atoms with E-state index in [0.29, 0.717) is 11.3 Å². The fourth-order valence-corrected chi connectivity index (χ4v) is 1.73. The van der Waals surface area contributed by atoms with Crippen molar-refractivity contribution in [1.82, 2.24) is 5.32 Å². The molecule has 0 aromatic heterocycles. The van der Waals surface area contributed by atoms with E-state index in [4.69, 9.17) is 9.47 Å². The number of benzene rings is 1. The van der Waals surface area contributed by atoms with E-state index in [1.165, 1.54) is 13.2 Å². The molecule has 1 aromatic rings. The lowest BCUT2D eigenvalue weighted by molar-refractivity contribution is -0.142. The number of methoxy groups -OCH3 is 1. The van der Waals surface area contributed by atoms with E-state index in [0.717, 1.165) is 0 Å². The normalized spacial score (nSPS) is 13.9. The Labute approximate surface area is 128 Å². The Hall–Kier alpha value is -2.28. The molecular formula is C15H21NO6. The van der Waals surface area contributed by atoms with E-state index in [2.05, 4.69) is 5.32 Å². The lowest BCUT2D eigenvalue weighted by Gasteiger charge is -2.24. The molecule has 0 aliphatic rings. The Balaban J connectivity index is 2.90. The summed E-state index contributed by atoms with van der Waals surface area (Å²) in [6.45, 7) is 4.96. The van der Waals surface area contributed by atoms with Gasteiger partial charge in [-0.1, -0.05) is 12.1 Å². The van der Waals surface area contributed by atoms with Gasteiger partial charge in [0.15, 0.2) is 6.04 Å². The number of rotatable bonds is 5. The summed E-state index contributed by atoms with van der Waals surface area (Å²) in [4.78, 5) is 23.0. The largest absolute Gasteiger partial charge is 0.497 e. The average Bonchev–Trinajstić information content (AvgIpc) is 2.42. The Kier molecular flexibility index (Phi) is 5.76. The van der Waals surface area contributed by atoms with Gasteiger partial charge < -0.3 is 25.0 Å². The van der Waals surface area contributed by atoms with Gasteiger partial charge in [0.1, 0.15) is 17.5 Å². The van der Waals surface area contributed by atoms with E-state index in [1.807, 2.05) is 0 Å². The van der Waals surface area contributed by atoms with E-state index >= 15 is 0 Å². The zero-order chi connectivity index (χ0) is 16.9. The topological polar surface area (TPSA) is 105 Å². The molecule has 0 heterocycles. The van der Waals surface area contributed by atoms with Gasteiger partial charge in [-0.3, -0.25) is 0 Å². The number of aliphatic carboxylic acids is 1. The third-order valence-electron chi connectivity index (χ3n) is 2.69. The molecule has 7 heteroatoms. The maximum Gasteiger partial charge on any atom is 0.408 e. The van der Waals surface area contributed by atoms with Crippen molar-refractivity contribution in [1.29, 1.82) is 0 Å². The number of alkyl carbamates (subject to hydrolysis) is 1. The molecule has 0 fully saturated rings. The first kappa shape index (κ1) is 17.8.